The first kappa shape index (κ1) is 40.1. The highest BCUT2D eigenvalue weighted by Gasteiger charge is 2.60. The summed E-state index contributed by atoms with van der Waals surface area (Å²) < 4.78 is 32.4. The van der Waals surface area contributed by atoms with E-state index in [0.29, 0.717) is 54.2 Å². The van der Waals surface area contributed by atoms with Crippen LogP contribution in [0, 0.1) is 23.7 Å². The molecule has 4 heterocycles. The average Bonchev–Trinajstić information content (AvgIpc) is 3.50. The highest BCUT2D eigenvalue weighted by atomic mass is 16.7. The van der Waals surface area contributed by atoms with Crippen molar-refractivity contribution in [1.82, 2.24) is 0 Å². The van der Waals surface area contributed by atoms with Gasteiger partial charge in [-0.05, 0) is 55.2 Å². The van der Waals surface area contributed by atoms with Crippen molar-refractivity contribution in [1.29, 1.82) is 0 Å². The fourth-order valence-corrected chi connectivity index (χ4v) is 8.81. The van der Waals surface area contributed by atoms with Crippen LogP contribution in [0.25, 0.3) is 0 Å². The van der Waals surface area contributed by atoms with Crippen molar-refractivity contribution in [3.63, 3.8) is 0 Å². The molecule has 3 fully saturated rings. The number of fused-ring (bicyclic) bond motifs is 2. The van der Waals surface area contributed by atoms with E-state index in [1.165, 1.54) is 7.11 Å². The number of rotatable bonds is 6. The Morgan fingerprint density at radius 2 is 1.87 bits per heavy atom. The van der Waals surface area contributed by atoms with Crippen LogP contribution in [0.3, 0.4) is 0 Å². The lowest BCUT2D eigenvalue weighted by molar-refractivity contribution is -0.340. The Balaban J connectivity index is 1.40. The summed E-state index contributed by atoms with van der Waals surface area (Å²) in [5.74, 6) is -2.98. The maximum absolute atomic E-state index is 14.2. The molecule has 3 saturated heterocycles. The van der Waals surface area contributed by atoms with E-state index in [4.69, 9.17) is 28.5 Å². The van der Waals surface area contributed by atoms with Gasteiger partial charge in [0.05, 0.1) is 18.8 Å². The molecule has 1 aliphatic carbocycles. The number of oxime groups is 1. The van der Waals surface area contributed by atoms with Crippen LogP contribution in [0.2, 0.25) is 0 Å². The highest BCUT2D eigenvalue weighted by molar-refractivity contribution is 6.43. The summed E-state index contributed by atoms with van der Waals surface area (Å²) in [5.41, 5.74) is 0.532. The van der Waals surface area contributed by atoms with Gasteiger partial charge in [0, 0.05) is 30.7 Å². The smallest absolute Gasteiger partial charge is 0.361 e. The molecule has 0 amide bonds. The first-order valence-electron chi connectivity index (χ1n) is 19.5. The Kier molecular flexibility index (Phi) is 12.3. The number of allylic oxidation sites excluding steroid dienone is 2. The Morgan fingerprint density at radius 3 is 2.59 bits per heavy atom. The van der Waals surface area contributed by atoms with Crippen LogP contribution in [-0.2, 0) is 38.1 Å². The van der Waals surface area contributed by atoms with Gasteiger partial charge in [-0.15, -0.1) is 0 Å². The van der Waals surface area contributed by atoms with Gasteiger partial charge in [-0.2, -0.15) is 0 Å². The van der Waals surface area contributed by atoms with E-state index in [1.54, 1.807) is 37.3 Å². The standard InChI is InChI=1S/C43H57NO10/c1-8-25(2)38-28(5)19-20-42(54-38)23-33-22-32(53-42)18-17-27(4)37(52-41(47)35(44-49-7)30-14-10-9-11-15-30)26(3)13-12-16-31-24-50-39-36(45)29(6)21-34(40(46)51-33)43(31,39)48/h9-17,21,25-26,28,32-34,36-39,45,48H,8,18-20,22-24H2,1-7H3/b13-12+,27-17+,31-16+,44-35-/t25?,26-,28-,32+,33-,34-,36+,37-,38+,39+,42+,43+/m0/s1. The molecule has 11 heteroatoms. The molecule has 1 spiro atoms. The molecule has 1 unspecified atom stereocenters. The van der Waals surface area contributed by atoms with Crippen LogP contribution in [0.5, 0.6) is 0 Å². The first-order valence-corrected chi connectivity index (χ1v) is 19.5. The molecule has 0 saturated carbocycles. The number of hydrogen-bond donors (Lipinski definition) is 2. The molecule has 1 aromatic carbocycles. The number of benzene rings is 1. The van der Waals surface area contributed by atoms with Gasteiger partial charge < -0.3 is 38.7 Å². The SMILES string of the molecule is CCC(C)[C@H]1O[C@]2(CC[C@@H]1C)C[C@@H]1C[C@@H](C/C=C(\C)[C@@H](OC(=O)/C(=N\OC)c3ccccc3)[C@@H](C)/C=C/C=C3\CO[C@@H]4[C@H](O)C(C)=C[C@@H](C(=O)O1)[C@]34O)O2. The minimum atomic E-state index is -1.84. The number of aliphatic hydroxyl groups is 2. The normalized spacial score (nSPS) is 40.5. The van der Waals surface area contributed by atoms with E-state index < -0.39 is 53.7 Å². The molecule has 11 nitrogen and oxygen atoms in total. The molecule has 1 aromatic rings. The number of hydrogen-bond acceptors (Lipinski definition) is 11. The Morgan fingerprint density at radius 1 is 1.11 bits per heavy atom. The Labute approximate surface area is 319 Å². The molecular weight excluding hydrogens is 690 g/mol. The van der Waals surface area contributed by atoms with Crippen LogP contribution in [0.4, 0.5) is 0 Å². The number of esters is 2. The predicted octanol–water partition coefficient (Wildman–Crippen LogP) is 6.13. The third-order valence-electron chi connectivity index (χ3n) is 12.1. The van der Waals surface area contributed by atoms with Crippen molar-refractivity contribution >= 4 is 17.7 Å². The van der Waals surface area contributed by atoms with Crippen molar-refractivity contribution in [2.24, 2.45) is 28.8 Å². The topological polar surface area (TPSA) is 142 Å². The molecule has 4 aliphatic heterocycles. The zero-order valence-electron chi connectivity index (χ0n) is 32.6. The van der Waals surface area contributed by atoms with Crippen LogP contribution in [0.1, 0.15) is 85.6 Å². The lowest BCUT2D eigenvalue weighted by atomic mass is 9.71. The minimum absolute atomic E-state index is 0.0125. The summed E-state index contributed by atoms with van der Waals surface area (Å²) in [6.07, 6.45) is 8.91. The number of ether oxygens (including phenoxy) is 5. The van der Waals surface area contributed by atoms with Gasteiger partial charge >= 0.3 is 11.9 Å². The number of carbonyl (C=O) groups is 2. The van der Waals surface area contributed by atoms with E-state index in [9.17, 15) is 19.8 Å². The largest absolute Gasteiger partial charge is 0.462 e. The van der Waals surface area contributed by atoms with Crippen LogP contribution < -0.4 is 0 Å². The zero-order chi connectivity index (χ0) is 38.8. The van der Waals surface area contributed by atoms with Crippen molar-refractivity contribution in [3.05, 3.63) is 83.0 Å². The maximum atomic E-state index is 14.2. The highest BCUT2D eigenvalue weighted by Crippen LogP contribution is 2.48. The predicted molar refractivity (Wildman–Crippen MR) is 202 cm³/mol. The van der Waals surface area contributed by atoms with Gasteiger partial charge in [-0.25, -0.2) is 4.79 Å². The fourth-order valence-electron chi connectivity index (χ4n) is 8.81. The van der Waals surface area contributed by atoms with Crippen molar-refractivity contribution in [3.8, 4) is 0 Å². The second-order valence-corrected chi connectivity index (χ2v) is 16.0. The second kappa shape index (κ2) is 16.6. The van der Waals surface area contributed by atoms with Gasteiger partial charge in [0.25, 0.3) is 0 Å². The number of nitrogens with zero attached hydrogens (tertiary/aromatic N) is 1. The van der Waals surface area contributed by atoms with Crippen LogP contribution in [-0.4, -0.2) is 89.6 Å². The monoisotopic (exact) mass is 747 g/mol. The summed E-state index contributed by atoms with van der Waals surface area (Å²) in [7, 11) is 1.38. The summed E-state index contributed by atoms with van der Waals surface area (Å²) in [6.45, 7) is 12.2. The Hall–Kier alpha value is -3.61. The van der Waals surface area contributed by atoms with Gasteiger partial charge in [0.15, 0.2) is 11.5 Å². The number of carbonyl (C=O) groups excluding carboxylic acids is 2. The summed E-state index contributed by atoms with van der Waals surface area (Å²) in [4.78, 5) is 33.1. The lowest BCUT2D eigenvalue weighted by Crippen LogP contribution is -2.58. The molecule has 0 aromatic heterocycles. The summed E-state index contributed by atoms with van der Waals surface area (Å²) in [6, 6.07) is 9.01. The van der Waals surface area contributed by atoms with Gasteiger partial charge in [-0.3, -0.25) is 4.79 Å². The molecule has 294 valence electrons. The summed E-state index contributed by atoms with van der Waals surface area (Å²) >= 11 is 0. The quantitative estimate of drug-likeness (QED) is 0.151. The van der Waals surface area contributed by atoms with Gasteiger partial charge in [0.1, 0.15) is 43.0 Å². The third-order valence-corrected chi connectivity index (χ3v) is 12.1. The van der Waals surface area contributed by atoms with Gasteiger partial charge in [-0.1, -0.05) is 100.0 Å². The van der Waals surface area contributed by atoms with E-state index in [1.807, 2.05) is 44.2 Å². The molecular formula is C43H57NO10. The van der Waals surface area contributed by atoms with E-state index >= 15 is 0 Å². The fraction of sp³-hybridized carbons (Fsp3) is 0.605. The molecule has 2 N–H and O–H groups in total. The van der Waals surface area contributed by atoms with Crippen LogP contribution >= 0.6 is 0 Å². The average molecular weight is 748 g/mol. The van der Waals surface area contributed by atoms with E-state index in [-0.39, 0.29) is 30.4 Å². The number of aliphatic hydroxyl groups excluding tert-OH is 1. The second-order valence-electron chi connectivity index (χ2n) is 16.0. The van der Waals surface area contributed by atoms with Crippen LogP contribution in [0.15, 0.2) is 82.6 Å². The van der Waals surface area contributed by atoms with E-state index in [0.717, 1.165) is 18.4 Å². The molecule has 2 bridgehead atoms. The molecule has 6 rings (SSSR count). The minimum Gasteiger partial charge on any atom is -0.462 e. The van der Waals surface area contributed by atoms with Crippen molar-refractivity contribution in [2.45, 2.75) is 128 Å². The first-order chi connectivity index (χ1) is 25.8. The maximum Gasteiger partial charge on any atom is 0.361 e. The van der Waals surface area contributed by atoms with Crippen molar-refractivity contribution < 1.29 is 48.3 Å². The van der Waals surface area contributed by atoms with Gasteiger partial charge in [0.2, 0.25) is 0 Å². The Bertz CT molecular complexity index is 1680. The zero-order valence-corrected chi connectivity index (χ0v) is 32.6. The van der Waals surface area contributed by atoms with Crippen molar-refractivity contribution in [2.75, 3.05) is 13.7 Å². The third kappa shape index (κ3) is 8.02. The molecule has 12 atom stereocenters. The lowest BCUT2D eigenvalue weighted by Gasteiger charge is -2.51. The summed E-state index contributed by atoms with van der Waals surface area (Å²) in [5, 5.41) is 27.5. The molecule has 54 heavy (non-hydrogen) atoms. The molecule has 0 radical (unpaired) electrons. The molecule has 5 aliphatic rings. The van der Waals surface area contributed by atoms with E-state index in [2.05, 4.69) is 25.9 Å².